The second kappa shape index (κ2) is 10.6. The van der Waals surface area contributed by atoms with Crippen LogP contribution in [0.25, 0.3) is 0 Å². The fraction of sp³-hybridized carbons (Fsp3) is 0.500. The molecule has 2 atom stereocenters. The van der Waals surface area contributed by atoms with E-state index < -0.39 is 17.6 Å². The van der Waals surface area contributed by atoms with Crippen molar-refractivity contribution in [1.29, 1.82) is 0 Å². The molecular formula is C26H32ClN3O6. The average molecular weight is 518 g/mol. The summed E-state index contributed by atoms with van der Waals surface area (Å²) in [6.07, 6.45) is 2.76. The van der Waals surface area contributed by atoms with Gasteiger partial charge in [0.15, 0.2) is 0 Å². The Balaban J connectivity index is 1.68. The summed E-state index contributed by atoms with van der Waals surface area (Å²) < 4.78 is 6.55. The van der Waals surface area contributed by atoms with E-state index in [1.807, 2.05) is 12.1 Å². The highest BCUT2D eigenvalue weighted by Gasteiger charge is 2.51. The van der Waals surface area contributed by atoms with Gasteiger partial charge in [0, 0.05) is 57.1 Å². The predicted octanol–water partition coefficient (Wildman–Crippen LogP) is 2.61. The summed E-state index contributed by atoms with van der Waals surface area (Å²) in [4.78, 5) is 41.0. The molecule has 0 radical (unpaired) electrons. The Hall–Kier alpha value is -2.88. The number of carbonyl (C=O) groups excluding carboxylic acids is 1. The number of nitrogens with zero attached hydrogens (tertiary/aromatic N) is 3. The van der Waals surface area contributed by atoms with Crippen molar-refractivity contribution in [1.82, 2.24) is 14.4 Å². The molecule has 2 aromatic rings. The number of hydrogen-bond donors (Lipinski definition) is 2. The van der Waals surface area contributed by atoms with Gasteiger partial charge in [0.1, 0.15) is 5.60 Å². The van der Waals surface area contributed by atoms with Crippen molar-refractivity contribution in [2.45, 2.75) is 43.9 Å². The van der Waals surface area contributed by atoms with Gasteiger partial charge in [-0.15, -0.1) is 0 Å². The zero-order valence-electron chi connectivity index (χ0n) is 20.5. The maximum Gasteiger partial charge on any atom is 0.407 e. The summed E-state index contributed by atoms with van der Waals surface area (Å²) >= 11 is 6.50. The van der Waals surface area contributed by atoms with Crippen LogP contribution in [0.15, 0.2) is 41.3 Å². The first-order chi connectivity index (χ1) is 17.1. The minimum atomic E-state index is -1.67. The molecule has 2 fully saturated rings. The molecule has 1 aliphatic carbocycles. The van der Waals surface area contributed by atoms with Crippen LogP contribution in [0.3, 0.4) is 0 Å². The molecule has 4 rings (SSSR count). The minimum Gasteiger partial charge on any atom is -0.465 e. The molecule has 36 heavy (non-hydrogen) atoms. The Bertz CT molecular complexity index is 1200. The van der Waals surface area contributed by atoms with E-state index in [9.17, 15) is 24.6 Å². The van der Waals surface area contributed by atoms with Gasteiger partial charge >= 0.3 is 6.09 Å². The first-order valence-corrected chi connectivity index (χ1v) is 12.5. The average Bonchev–Trinajstić information content (AvgIpc) is 3.69. The lowest BCUT2D eigenvalue weighted by Crippen LogP contribution is -2.57. The SMILES string of the molecule is COCCc1ccc(Cl)c(CN(C(=O)C2CN(C(=O)O)CCC2(O)c2ccn(C)c(=O)c2)C2CC2)c1. The number of piperidine rings is 1. The standard InChI is InChI=1S/C26H32ClN3O6/c1-28-10-7-19(14-23(28)31)26(35)9-11-29(25(33)34)16-21(26)24(32)30(20-4-5-20)15-18-13-17(8-12-36-2)3-6-22(18)27/h3,6-7,10,13-14,20-21,35H,4-5,8-9,11-12,15-16H2,1-2H3,(H,33,34). The molecule has 194 valence electrons. The van der Waals surface area contributed by atoms with Crippen LogP contribution in [0.5, 0.6) is 0 Å². The fourth-order valence-electron chi connectivity index (χ4n) is 4.84. The molecule has 1 aliphatic heterocycles. The number of rotatable bonds is 8. The van der Waals surface area contributed by atoms with Gasteiger partial charge in [-0.3, -0.25) is 9.59 Å². The number of carbonyl (C=O) groups is 2. The molecule has 0 spiro atoms. The predicted molar refractivity (Wildman–Crippen MR) is 134 cm³/mol. The Kier molecular flexibility index (Phi) is 7.73. The number of aromatic nitrogens is 1. The van der Waals surface area contributed by atoms with E-state index in [-0.39, 0.29) is 43.6 Å². The summed E-state index contributed by atoms with van der Waals surface area (Å²) in [6.45, 7) is 0.703. The van der Waals surface area contributed by atoms with Gasteiger partial charge < -0.3 is 29.3 Å². The number of halogens is 1. The summed E-state index contributed by atoms with van der Waals surface area (Å²) in [5.74, 6) is -1.41. The van der Waals surface area contributed by atoms with Crippen molar-refractivity contribution in [3.05, 3.63) is 68.6 Å². The van der Waals surface area contributed by atoms with Crippen LogP contribution >= 0.6 is 11.6 Å². The van der Waals surface area contributed by atoms with Crippen LogP contribution in [0, 0.1) is 5.92 Å². The molecule has 10 heteroatoms. The molecule has 1 aromatic heterocycles. The van der Waals surface area contributed by atoms with Gasteiger partial charge in [0.2, 0.25) is 5.91 Å². The molecule has 2 heterocycles. The molecule has 9 nitrogen and oxygen atoms in total. The Morgan fingerprint density at radius 3 is 2.64 bits per heavy atom. The normalized spacial score (nSPS) is 21.9. The summed E-state index contributed by atoms with van der Waals surface area (Å²) in [5.41, 5.74) is 0.156. The van der Waals surface area contributed by atoms with E-state index in [1.54, 1.807) is 37.4 Å². The monoisotopic (exact) mass is 517 g/mol. The maximum absolute atomic E-state index is 14.1. The number of amides is 2. The number of aliphatic hydroxyl groups is 1. The number of likely N-dealkylation sites (tertiary alicyclic amines) is 1. The number of hydrogen-bond acceptors (Lipinski definition) is 5. The smallest absolute Gasteiger partial charge is 0.407 e. The van der Waals surface area contributed by atoms with E-state index in [0.717, 1.165) is 28.9 Å². The molecule has 2 N–H and O–H groups in total. The Morgan fingerprint density at radius 2 is 2.00 bits per heavy atom. The van der Waals surface area contributed by atoms with Crippen LogP contribution in [0.4, 0.5) is 4.79 Å². The van der Waals surface area contributed by atoms with Gasteiger partial charge in [-0.2, -0.15) is 0 Å². The fourth-order valence-corrected chi connectivity index (χ4v) is 5.02. The second-order valence-corrected chi connectivity index (χ2v) is 10.1. The summed E-state index contributed by atoms with van der Waals surface area (Å²) in [6, 6.07) is 8.63. The van der Waals surface area contributed by atoms with Crippen LogP contribution in [0.2, 0.25) is 5.02 Å². The van der Waals surface area contributed by atoms with E-state index in [0.29, 0.717) is 23.6 Å². The van der Waals surface area contributed by atoms with Crippen molar-refractivity contribution in [2.75, 3.05) is 26.8 Å². The molecule has 1 saturated heterocycles. The zero-order valence-corrected chi connectivity index (χ0v) is 21.3. The van der Waals surface area contributed by atoms with E-state index in [1.165, 1.54) is 10.6 Å². The van der Waals surface area contributed by atoms with Crippen molar-refractivity contribution in [3.63, 3.8) is 0 Å². The van der Waals surface area contributed by atoms with Crippen molar-refractivity contribution in [3.8, 4) is 0 Å². The Labute approximate surface area is 214 Å². The lowest BCUT2D eigenvalue weighted by Gasteiger charge is -2.44. The molecule has 2 unspecified atom stereocenters. The van der Waals surface area contributed by atoms with Crippen molar-refractivity contribution in [2.24, 2.45) is 13.0 Å². The number of benzene rings is 1. The highest BCUT2D eigenvalue weighted by molar-refractivity contribution is 6.31. The number of methoxy groups -OCH3 is 1. The lowest BCUT2D eigenvalue weighted by molar-refractivity contribution is -0.154. The number of ether oxygens (including phenoxy) is 1. The van der Waals surface area contributed by atoms with Gasteiger partial charge in [-0.25, -0.2) is 4.79 Å². The number of pyridine rings is 1. The molecule has 0 bridgehead atoms. The van der Waals surface area contributed by atoms with E-state index in [2.05, 4.69) is 0 Å². The first-order valence-electron chi connectivity index (χ1n) is 12.1. The summed E-state index contributed by atoms with van der Waals surface area (Å²) in [7, 11) is 3.24. The van der Waals surface area contributed by atoms with Gasteiger partial charge in [-0.1, -0.05) is 23.7 Å². The molecule has 2 amide bonds. The quantitative estimate of drug-likeness (QED) is 0.556. The minimum absolute atomic E-state index is 0.00857. The third-order valence-electron chi connectivity index (χ3n) is 7.23. The highest BCUT2D eigenvalue weighted by atomic mass is 35.5. The molecular weight excluding hydrogens is 486 g/mol. The molecule has 1 aromatic carbocycles. The number of carboxylic acid groups (broad SMARTS) is 1. The topological polar surface area (TPSA) is 112 Å². The molecule has 2 aliphatic rings. The van der Waals surface area contributed by atoms with Gasteiger partial charge in [0.05, 0.1) is 12.5 Å². The maximum atomic E-state index is 14.1. The van der Waals surface area contributed by atoms with Crippen LogP contribution < -0.4 is 5.56 Å². The Morgan fingerprint density at radius 1 is 1.25 bits per heavy atom. The van der Waals surface area contributed by atoms with Crippen LogP contribution in [0.1, 0.15) is 36.0 Å². The van der Waals surface area contributed by atoms with Crippen LogP contribution in [-0.4, -0.2) is 69.4 Å². The summed E-state index contributed by atoms with van der Waals surface area (Å²) in [5, 5.41) is 22.0. The van der Waals surface area contributed by atoms with Gasteiger partial charge in [-0.05, 0) is 54.5 Å². The van der Waals surface area contributed by atoms with Crippen LogP contribution in [-0.2, 0) is 35.1 Å². The van der Waals surface area contributed by atoms with E-state index in [4.69, 9.17) is 16.3 Å². The lowest BCUT2D eigenvalue weighted by atomic mass is 9.75. The third kappa shape index (κ3) is 5.43. The highest BCUT2D eigenvalue weighted by Crippen LogP contribution is 2.41. The van der Waals surface area contributed by atoms with Crippen molar-refractivity contribution < 1.29 is 24.5 Å². The largest absolute Gasteiger partial charge is 0.465 e. The third-order valence-corrected chi connectivity index (χ3v) is 7.60. The van der Waals surface area contributed by atoms with Crippen molar-refractivity contribution >= 4 is 23.6 Å². The van der Waals surface area contributed by atoms with E-state index >= 15 is 0 Å². The first kappa shape index (κ1) is 26.2. The molecule has 1 saturated carbocycles. The number of aryl methyl sites for hydroxylation is 1. The van der Waals surface area contributed by atoms with Gasteiger partial charge in [0.25, 0.3) is 5.56 Å². The second-order valence-electron chi connectivity index (χ2n) is 9.69. The zero-order chi connectivity index (χ0) is 26.0.